The smallest absolute Gasteiger partial charge is 0.460 e. The molecule has 0 aromatic heterocycles. The van der Waals surface area contributed by atoms with Crippen LogP contribution >= 0.6 is 11.8 Å². The lowest BCUT2D eigenvalue weighted by Gasteiger charge is -2.62. The van der Waals surface area contributed by atoms with E-state index in [1.165, 1.54) is 33.3 Å². The molecule has 14 nitrogen and oxygen atoms in total. The average Bonchev–Trinajstić information content (AvgIpc) is 3.72. The lowest BCUT2D eigenvalue weighted by atomic mass is 9.73. The molecule has 63 heavy (non-hydrogen) atoms. The van der Waals surface area contributed by atoms with Gasteiger partial charge in [0.2, 0.25) is 6.79 Å². The van der Waals surface area contributed by atoms with Crippen LogP contribution < -0.4 is 29.0 Å². The van der Waals surface area contributed by atoms with Crippen LogP contribution in [0.25, 0.3) is 0 Å². The van der Waals surface area contributed by atoms with Crippen LogP contribution in [0.3, 0.4) is 0 Å². The second-order valence-electron chi connectivity index (χ2n) is 16.4. The summed E-state index contributed by atoms with van der Waals surface area (Å²) in [6.45, 7) is 2.00. The van der Waals surface area contributed by atoms with Gasteiger partial charge in [0.05, 0.1) is 37.6 Å². The zero-order chi connectivity index (χ0) is 45.5. The molecule has 2 saturated heterocycles. The summed E-state index contributed by atoms with van der Waals surface area (Å²) in [5, 5.41) is 37.2. The topological polar surface area (TPSA) is 169 Å². The number of benzene rings is 3. The normalized spacial score (nSPS) is 27.8. The molecule has 7 atom stereocenters. The Morgan fingerprint density at radius 1 is 0.952 bits per heavy atom. The Hall–Kier alpha value is -4.90. The van der Waals surface area contributed by atoms with Crippen LogP contribution in [0.15, 0.2) is 18.2 Å². The number of hydrogen-bond donors (Lipinski definition) is 4. The summed E-state index contributed by atoms with van der Waals surface area (Å²) in [5.74, 6) is -19.1. The van der Waals surface area contributed by atoms with Crippen LogP contribution in [-0.4, -0.2) is 120 Å². The molecule has 0 amide bonds. The fourth-order valence-electron chi connectivity index (χ4n) is 10.3. The number of piperazine rings is 1. The average molecular weight is 916 g/mol. The summed E-state index contributed by atoms with van der Waals surface area (Å²) in [7, 11) is 4.36. The van der Waals surface area contributed by atoms with Crippen molar-refractivity contribution in [1.29, 1.82) is 0 Å². The monoisotopic (exact) mass is 915 g/mol. The van der Waals surface area contributed by atoms with Crippen molar-refractivity contribution in [2.45, 2.75) is 85.9 Å². The minimum absolute atomic E-state index is 0.0143. The van der Waals surface area contributed by atoms with E-state index in [9.17, 15) is 46.9 Å². The number of likely N-dealkylation sites (N-methyl/N-ethyl adjacent to an activating group) is 1. The third kappa shape index (κ3) is 5.92. The molecular formula is C41H40F7N3O11S. The van der Waals surface area contributed by atoms with Gasteiger partial charge in [-0.15, -0.1) is 11.8 Å². The van der Waals surface area contributed by atoms with Crippen molar-refractivity contribution >= 4 is 23.7 Å². The molecule has 7 aliphatic heterocycles. The first-order chi connectivity index (χ1) is 29.6. The van der Waals surface area contributed by atoms with E-state index in [4.69, 9.17) is 28.4 Å². The maximum atomic E-state index is 15.2. The molecule has 7 aliphatic rings. The molecule has 4 N–H and O–H groups in total. The van der Waals surface area contributed by atoms with Gasteiger partial charge in [0, 0.05) is 40.6 Å². The van der Waals surface area contributed by atoms with Crippen LogP contribution in [-0.2, 0) is 32.7 Å². The van der Waals surface area contributed by atoms with Gasteiger partial charge in [0.25, 0.3) is 0 Å². The molecule has 3 aromatic rings. The van der Waals surface area contributed by atoms with Gasteiger partial charge in [0.1, 0.15) is 18.6 Å². The van der Waals surface area contributed by atoms with Gasteiger partial charge in [-0.1, -0.05) is 6.07 Å². The van der Waals surface area contributed by atoms with Crippen molar-refractivity contribution in [2.75, 3.05) is 47.0 Å². The summed E-state index contributed by atoms with van der Waals surface area (Å²) in [6, 6.07) is 0.602. The van der Waals surface area contributed by atoms with Crippen molar-refractivity contribution in [1.82, 2.24) is 15.1 Å². The highest BCUT2D eigenvalue weighted by molar-refractivity contribution is 7.99. The number of nitrogens with zero attached hydrogens (tertiary/aromatic N) is 2. The minimum Gasteiger partial charge on any atom is -0.504 e. The third-order valence-corrected chi connectivity index (χ3v) is 14.7. The Morgan fingerprint density at radius 2 is 1.67 bits per heavy atom. The minimum atomic E-state index is -6.87. The number of carbonyl (C=O) groups is 2. The molecule has 4 bridgehead atoms. The Balaban J connectivity index is 1.32. The summed E-state index contributed by atoms with van der Waals surface area (Å²) in [6.07, 6.45) is -7.74. The van der Waals surface area contributed by atoms with Gasteiger partial charge in [-0.2, -0.15) is 30.7 Å². The first-order valence-corrected chi connectivity index (χ1v) is 20.7. The number of methoxy groups -OCH3 is 2. The highest BCUT2D eigenvalue weighted by Gasteiger charge is 2.77. The lowest BCUT2D eigenvalue weighted by molar-refractivity contribution is -0.346. The van der Waals surface area contributed by atoms with Crippen LogP contribution in [0.5, 0.6) is 40.2 Å². The van der Waals surface area contributed by atoms with Crippen LogP contribution in [0.4, 0.5) is 30.7 Å². The number of carbonyl (C=O) groups excluding carboxylic acids is 2. The number of aromatic hydroxyl groups is 2. The third-order valence-electron chi connectivity index (χ3n) is 13.2. The zero-order valence-electron chi connectivity index (χ0n) is 34.0. The molecule has 0 saturated carbocycles. The number of aliphatic hydroxyl groups excluding tert-OH is 1. The summed E-state index contributed by atoms with van der Waals surface area (Å²) >= 11 is 0.969. The highest BCUT2D eigenvalue weighted by atomic mass is 32.2. The van der Waals surface area contributed by atoms with Gasteiger partial charge in [-0.3, -0.25) is 15.1 Å². The number of phenols is 2. The number of alkyl halides is 7. The fourth-order valence-corrected chi connectivity index (χ4v) is 12.0. The standard InChI is InChI=1S/C41H40F7N3O11S/c1-15-8-18-9-20-35(54)51-21-12-59-36(55)38(19-11-23(57-4)22(52)10-17(19)6-7-49-38)13-63-34(28(51)27(50(20)3)24(18)29(53)30(15)58-5)26-25(21)33-32(60-14-61-33)16(2)31(26)62-37(56)39(42,43)40(44,45)41(46,47)48/h8,10-11,20-21,27-28,34-35,49,52-54H,6-7,9,12-14H2,1-5H3/t20-,21+,27+,28?,34+,35-,38+/m0/s1. The number of rotatable bonds is 5. The molecular weight excluding hydrogens is 876 g/mol. The number of aryl methyl sites for hydroxylation is 1. The van der Waals surface area contributed by atoms with Crippen molar-refractivity contribution in [3.8, 4) is 40.2 Å². The van der Waals surface area contributed by atoms with E-state index < -0.39 is 90.3 Å². The van der Waals surface area contributed by atoms with Crippen LogP contribution in [0, 0.1) is 13.8 Å². The predicted octanol–water partition coefficient (Wildman–Crippen LogP) is 5.23. The first kappa shape index (κ1) is 43.4. The second-order valence-corrected chi connectivity index (χ2v) is 17.5. The van der Waals surface area contributed by atoms with Gasteiger partial charge in [-0.25, -0.2) is 9.59 Å². The van der Waals surface area contributed by atoms with E-state index in [0.717, 1.165) is 11.8 Å². The summed E-state index contributed by atoms with van der Waals surface area (Å²) in [5.41, 5.74) is 0.218. The zero-order valence-corrected chi connectivity index (χ0v) is 34.8. The number of hydrogen-bond acceptors (Lipinski definition) is 15. The van der Waals surface area contributed by atoms with E-state index in [1.807, 2.05) is 0 Å². The number of halogens is 7. The quantitative estimate of drug-likeness (QED) is 0.149. The second kappa shape index (κ2) is 14.6. The number of thioether (sulfide) groups is 1. The van der Waals surface area contributed by atoms with Crippen LogP contribution in [0.2, 0.25) is 0 Å². The van der Waals surface area contributed by atoms with Crippen molar-refractivity contribution in [2.24, 2.45) is 0 Å². The van der Waals surface area contributed by atoms with Crippen molar-refractivity contribution in [3.63, 3.8) is 0 Å². The molecule has 7 heterocycles. The largest absolute Gasteiger partial charge is 0.504 e. The van der Waals surface area contributed by atoms with Crippen molar-refractivity contribution < 1.29 is 84.1 Å². The van der Waals surface area contributed by atoms with E-state index >= 15 is 8.78 Å². The molecule has 2 fully saturated rings. The first-order valence-electron chi connectivity index (χ1n) is 19.6. The molecule has 1 unspecified atom stereocenters. The Bertz CT molecular complexity index is 2460. The SMILES string of the molecule is COc1cc2c(cc1O)CCN[C@]21CS[C@@H]2c3c(OC(=O)C(F)(F)C(F)(F)C(F)(F)F)c(C)c4c(c3[C@@H](COC1=O)N1C2[C@H]2c3c(cc(C)c(OC)c3O)C[C@@H]([C@@H]1O)N2C)OCO4. The van der Waals surface area contributed by atoms with E-state index in [2.05, 4.69) is 5.32 Å². The lowest BCUT2D eigenvalue weighted by Crippen LogP contribution is -2.70. The van der Waals surface area contributed by atoms with E-state index in [-0.39, 0.29) is 69.9 Å². The van der Waals surface area contributed by atoms with E-state index in [1.54, 1.807) is 29.8 Å². The Kier molecular flexibility index (Phi) is 10.0. The maximum Gasteiger partial charge on any atom is 0.460 e. The number of aliphatic hydroxyl groups is 1. The number of ether oxygens (including phenoxy) is 6. The van der Waals surface area contributed by atoms with Gasteiger partial charge in [0.15, 0.2) is 40.0 Å². The summed E-state index contributed by atoms with van der Waals surface area (Å²) < 4.78 is 134. The van der Waals surface area contributed by atoms with E-state index in [0.29, 0.717) is 34.2 Å². The highest BCUT2D eigenvalue weighted by Crippen LogP contribution is 2.65. The summed E-state index contributed by atoms with van der Waals surface area (Å²) in [4.78, 5) is 31.4. The number of fused-ring (bicyclic) bond motifs is 9. The molecule has 340 valence electrons. The Labute approximate surface area is 358 Å². The number of phenolic OH excluding ortho intramolecular Hbond substituents is 2. The predicted molar refractivity (Wildman–Crippen MR) is 205 cm³/mol. The molecule has 1 spiro atoms. The maximum absolute atomic E-state index is 15.2. The number of esters is 2. The number of nitrogens with one attached hydrogen (secondary N) is 1. The van der Waals surface area contributed by atoms with Gasteiger partial charge < -0.3 is 43.7 Å². The molecule has 0 radical (unpaired) electrons. The molecule has 0 aliphatic carbocycles. The molecule has 10 rings (SSSR count). The Morgan fingerprint density at radius 3 is 2.35 bits per heavy atom. The molecule has 22 heteroatoms. The van der Waals surface area contributed by atoms with Crippen molar-refractivity contribution in [3.05, 3.63) is 62.7 Å². The fraction of sp³-hybridized carbons (Fsp3) is 0.512. The van der Waals surface area contributed by atoms with Gasteiger partial charge >= 0.3 is 30.0 Å². The molecule has 3 aromatic carbocycles. The van der Waals surface area contributed by atoms with Gasteiger partial charge in [-0.05, 0) is 68.1 Å². The van der Waals surface area contributed by atoms with Crippen LogP contribution in [0.1, 0.15) is 61.8 Å².